The van der Waals surface area contributed by atoms with Gasteiger partial charge in [-0.3, -0.25) is 19.3 Å². The summed E-state index contributed by atoms with van der Waals surface area (Å²) in [5.41, 5.74) is 3.19. The Bertz CT molecular complexity index is 1050. The Morgan fingerprint density at radius 3 is 2.42 bits per heavy atom. The van der Waals surface area contributed by atoms with Gasteiger partial charge < -0.3 is 9.80 Å². The third kappa shape index (κ3) is 5.06. The highest BCUT2D eigenvalue weighted by atomic mass is 35.5. The summed E-state index contributed by atoms with van der Waals surface area (Å²) in [6, 6.07) is 12.9. The van der Waals surface area contributed by atoms with Gasteiger partial charge in [0.2, 0.25) is 11.8 Å². The largest absolute Gasteiger partial charge is 0.326 e. The number of benzene rings is 2. The number of hydrogen-bond acceptors (Lipinski definition) is 3. The van der Waals surface area contributed by atoms with Crippen molar-refractivity contribution >= 4 is 35.0 Å². The van der Waals surface area contributed by atoms with Crippen molar-refractivity contribution in [1.82, 2.24) is 9.80 Å². The van der Waals surface area contributed by atoms with Crippen molar-refractivity contribution in [3.8, 4) is 0 Å². The van der Waals surface area contributed by atoms with Gasteiger partial charge in [-0.1, -0.05) is 54.6 Å². The van der Waals surface area contributed by atoms with Gasteiger partial charge in [0.25, 0.3) is 5.91 Å². The van der Waals surface area contributed by atoms with E-state index >= 15 is 0 Å². The summed E-state index contributed by atoms with van der Waals surface area (Å²) in [5, 5.41) is 0.581. The molecule has 3 amide bonds. The van der Waals surface area contributed by atoms with Crippen molar-refractivity contribution in [3.05, 3.63) is 64.2 Å². The number of anilines is 1. The van der Waals surface area contributed by atoms with Crippen molar-refractivity contribution in [3.63, 3.8) is 0 Å². The molecule has 6 nitrogen and oxygen atoms in total. The molecule has 0 bridgehead atoms. The van der Waals surface area contributed by atoms with E-state index in [1.807, 2.05) is 44.2 Å². The summed E-state index contributed by atoms with van der Waals surface area (Å²) in [5.74, 6) is -0.484. The van der Waals surface area contributed by atoms with Crippen molar-refractivity contribution < 1.29 is 14.4 Å². The molecule has 0 radical (unpaired) electrons. The lowest BCUT2D eigenvalue weighted by Gasteiger charge is -2.35. The Hall–Kier alpha value is -2.86. The van der Waals surface area contributed by atoms with Gasteiger partial charge in [-0.15, -0.1) is 0 Å². The van der Waals surface area contributed by atoms with Crippen molar-refractivity contribution in [2.24, 2.45) is 0 Å². The Balaban J connectivity index is 1.52. The predicted molar refractivity (Wildman–Crippen MR) is 129 cm³/mol. The highest BCUT2D eigenvalue weighted by Gasteiger charge is 2.35. The fraction of sp³-hybridized carbons (Fsp3) is 0.423. The molecule has 174 valence electrons. The van der Waals surface area contributed by atoms with E-state index in [-0.39, 0.29) is 43.5 Å². The minimum Gasteiger partial charge on any atom is -0.326 e. The van der Waals surface area contributed by atoms with Crippen molar-refractivity contribution in [1.29, 1.82) is 0 Å². The molecule has 0 unspecified atom stereocenters. The number of rotatable bonds is 5. The number of carbonyl (C=O) groups excluding carboxylic acids is 3. The van der Waals surface area contributed by atoms with E-state index < -0.39 is 0 Å². The molecule has 7 heteroatoms. The van der Waals surface area contributed by atoms with Gasteiger partial charge in [-0.2, -0.15) is 0 Å². The molecule has 0 N–H and O–H groups in total. The van der Waals surface area contributed by atoms with Crippen LogP contribution in [0.3, 0.4) is 0 Å². The van der Waals surface area contributed by atoms with Crippen LogP contribution in [0.15, 0.2) is 42.5 Å². The van der Waals surface area contributed by atoms with Crippen molar-refractivity contribution in [2.45, 2.75) is 52.0 Å². The second-order valence-electron chi connectivity index (χ2n) is 9.03. The molecule has 2 aromatic rings. The molecule has 2 fully saturated rings. The third-order valence-electron chi connectivity index (χ3n) is 6.70. The van der Waals surface area contributed by atoms with Crippen molar-refractivity contribution in [2.75, 3.05) is 24.7 Å². The molecule has 0 aromatic heterocycles. The lowest BCUT2D eigenvalue weighted by Crippen LogP contribution is -2.48. The molecule has 1 saturated carbocycles. The van der Waals surface area contributed by atoms with Crippen LogP contribution in [0, 0.1) is 13.8 Å². The first kappa shape index (κ1) is 23.3. The molecule has 1 heterocycles. The predicted octanol–water partition coefficient (Wildman–Crippen LogP) is 4.56. The average Bonchev–Trinajstić information content (AvgIpc) is 3.21. The lowest BCUT2D eigenvalue weighted by atomic mass is 9.93. The molecule has 2 aromatic carbocycles. The summed E-state index contributed by atoms with van der Waals surface area (Å²) >= 11 is 6.23. The molecule has 0 atom stereocenters. The van der Waals surface area contributed by atoms with E-state index in [1.165, 1.54) is 4.90 Å². The monoisotopic (exact) mass is 467 g/mol. The van der Waals surface area contributed by atoms with Crippen LogP contribution < -0.4 is 4.90 Å². The summed E-state index contributed by atoms with van der Waals surface area (Å²) in [6.07, 6.45) is 5.07. The van der Waals surface area contributed by atoms with E-state index in [1.54, 1.807) is 21.9 Å². The summed E-state index contributed by atoms with van der Waals surface area (Å²) in [6.45, 7) is 3.99. The van der Waals surface area contributed by atoms with E-state index in [2.05, 4.69) is 0 Å². The zero-order valence-corrected chi connectivity index (χ0v) is 20.0. The highest BCUT2D eigenvalue weighted by molar-refractivity contribution is 6.31. The Morgan fingerprint density at radius 1 is 1.03 bits per heavy atom. The fourth-order valence-corrected chi connectivity index (χ4v) is 4.85. The zero-order chi connectivity index (χ0) is 23.5. The number of carbonyl (C=O) groups is 3. The van der Waals surface area contributed by atoms with Crippen LogP contribution in [0.5, 0.6) is 0 Å². The van der Waals surface area contributed by atoms with Gasteiger partial charge in [-0.25, -0.2) is 0 Å². The van der Waals surface area contributed by atoms with Crippen LogP contribution in [0.2, 0.25) is 5.02 Å². The number of aryl methyl sites for hydroxylation is 1. The number of halogens is 1. The summed E-state index contributed by atoms with van der Waals surface area (Å²) < 4.78 is 0. The minimum absolute atomic E-state index is 0.00200. The van der Waals surface area contributed by atoms with E-state index in [0.717, 1.165) is 43.2 Å². The lowest BCUT2D eigenvalue weighted by molar-refractivity contribution is -0.132. The number of nitrogens with zero attached hydrogens (tertiary/aromatic N) is 3. The molecular weight excluding hydrogens is 438 g/mol. The van der Waals surface area contributed by atoms with Crippen LogP contribution in [0.25, 0.3) is 0 Å². The second kappa shape index (κ2) is 9.96. The number of hydrogen-bond donors (Lipinski definition) is 0. The molecule has 4 rings (SSSR count). The van der Waals surface area contributed by atoms with Gasteiger partial charge in [0.05, 0.1) is 0 Å². The van der Waals surface area contributed by atoms with Crippen LogP contribution in [-0.2, 0) is 9.59 Å². The van der Waals surface area contributed by atoms with Gasteiger partial charge in [0.15, 0.2) is 0 Å². The normalized spacial score (nSPS) is 16.9. The van der Waals surface area contributed by atoms with Gasteiger partial charge in [0.1, 0.15) is 19.8 Å². The molecule has 33 heavy (non-hydrogen) atoms. The fourth-order valence-electron chi connectivity index (χ4n) is 4.68. The molecular formula is C26H30ClN3O3. The standard InChI is InChI=1S/C26H30ClN3O3/c1-18-11-13-20(14-12-18)26(33)29(21-7-4-3-5-8-21)16-24(31)28-15-25(32)30(17-28)23-10-6-9-22(27)19(23)2/h6,9-14,21H,3-5,7-8,15-17H2,1-2H3. The quantitative estimate of drug-likeness (QED) is 0.647. The maximum Gasteiger partial charge on any atom is 0.254 e. The Kier molecular flexibility index (Phi) is 7.03. The minimum atomic E-state index is -0.212. The first-order valence-corrected chi connectivity index (χ1v) is 11.9. The second-order valence-corrected chi connectivity index (χ2v) is 9.44. The van der Waals surface area contributed by atoms with Gasteiger partial charge in [0, 0.05) is 22.3 Å². The smallest absolute Gasteiger partial charge is 0.254 e. The maximum atomic E-state index is 13.4. The Morgan fingerprint density at radius 2 is 1.73 bits per heavy atom. The molecule has 0 spiro atoms. The van der Waals surface area contributed by atoms with Crippen LogP contribution in [-0.4, -0.2) is 53.3 Å². The summed E-state index contributed by atoms with van der Waals surface area (Å²) in [4.78, 5) is 44.3. The van der Waals surface area contributed by atoms with Gasteiger partial charge in [-0.05, 0) is 56.5 Å². The molecule has 1 saturated heterocycles. The zero-order valence-electron chi connectivity index (χ0n) is 19.2. The Labute approximate surface area is 200 Å². The van der Waals surface area contributed by atoms with E-state index in [9.17, 15) is 14.4 Å². The maximum absolute atomic E-state index is 13.4. The van der Waals surface area contributed by atoms with Crippen LogP contribution >= 0.6 is 11.6 Å². The van der Waals surface area contributed by atoms with E-state index in [4.69, 9.17) is 11.6 Å². The highest BCUT2D eigenvalue weighted by Crippen LogP contribution is 2.29. The van der Waals surface area contributed by atoms with Gasteiger partial charge >= 0.3 is 0 Å². The summed E-state index contributed by atoms with van der Waals surface area (Å²) in [7, 11) is 0. The average molecular weight is 468 g/mol. The van der Waals surface area contributed by atoms with E-state index in [0.29, 0.717) is 16.3 Å². The first-order valence-electron chi connectivity index (χ1n) is 11.6. The third-order valence-corrected chi connectivity index (χ3v) is 7.11. The van der Waals surface area contributed by atoms with Crippen LogP contribution in [0.4, 0.5) is 5.69 Å². The molecule has 1 aliphatic heterocycles. The molecule has 2 aliphatic rings. The molecule has 1 aliphatic carbocycles. The first-order chi connectivity index (χ1) is 15.8. The SMILES string of the molecule is Cc1ccc(C(=O)N(CC(=O)N2CC(=O)N(c3cccc(Cl)c3C)C2)C2CCCCC2)cc1. The number of amides is 3. The topological polar surface area (TPSA) is 60.9 Å². The van der Waals surface area contributed by atoms with Crippen LogP contribution in [0.1, 0.15) is 53.6 Å².